The third kappa shape index (κ3) is 5.05. The number of rotatable bonds is 7. The summed E-state index contributed by atoms with van der Waals surface area (Å²) in [6, 6.07) is 0. The zero-order valence-electron chi connectivity index (χ0n) is 9.11. The molecule has 1 N–H and O–H groups in total. The minimum atomic E-state index is -2.46. The van der Waals surface area contributed by atoms with Gasteiger partial charge >= 0.3 is 5.97 Å². The summed E-state index contributed by atoms with van der Waals surface area (Å²) in [5, 5.41) is 3.37. The van der Waals surface area contributed by atoms with Gasteiger partial charge in [0.05, 0.1) is 19.9 Å². The highest BCUT2D eigenvalue weighted by Crippen LogP contribution is 2.18. The zero-order chi connectivity index (χ0) is 12.7. The van der Waals surface area contributed by atoms with Gasteiger partial charge in [-0.2, -0.15) is 0 Å². The van der Waals surface area contributed by atoms with Crippen LogP contribution in [0, 0.1) is 0 Å². The Morgan fingerprint density at radius 1 is 1.65 bits per heavy atom. The molecule has 5 nitrogen and oxygen atoms in total. The minimum Gasteiger partial charge on any atom is -0.465 e. The number of carbonyl (C=O) groups is 1. The summed E-state index contributed by atoms with van der Waals surface area (Å²) in [4.78, 5) is 15.4. The molecular formula is C9H12F2N2O3S. The van der Waals surface area contributed by atoms with E-state index < -0.39 is 19.0 Å². The molecule has 0 aromatic carbocycles. The number of carbonyl (C=O) groups excluding carboxylic acids is 1. The maximum atomic E-state index is 11.7. The van der Waals surface area contributed by atoms with Gasteiger partial charge in [0.2, 0.25) is 0 Å². The number of ether oxygens (including phenoxy) is 2. The number of anilines is 1. The number of esters is 1. The first kappa shape index (κ1) is 13.8. The van der Waals surface area contributed by atoms with E-state index in [9.17, 15) is 13.6 Å². The topological polar surface area (TPSA) is 60.5 Å². The SMILES string of the molecule is COC(=O)c1cnc(NCCOCC(F)F)s1. The zero-order valence-corrected chi connectivity index (χ0v) is 9.93. The van der Waals surface area contributed by atoms with Gasteiger partial charge in [0.15, 0.2) is 5.13 Å². The van der Waals surface area contributed by atoms with Crippen LogP contribution in [0.15, 0.2) is 6.20 Å². The van der Waals surface area contributed by atoms with Gasteiger partial charge in [-0.15, -0.1) is 0 Å². The molecule has 17 heavy (non-hydrogen) atoms. The van der Waals surface area contributed by atoms with Crippen LogP contribution in [-0.4, -0.2) is 44.2 Å². The van der Waals surface area contributed by atoms with E-state index in [1.54, 1.807) is 0 Å². The lowest BCUT2D eigenvalue weighted by molar-refractivity contribution is 0.0215. The largest absolute Gasteiger partial charge is 0.465 e. The van der Waals surface area contributed by atoms with Gasteiger partial charge in [-0.05, 0) is 0 Å². The average Bonchev–Trinajstić information content (AvgIpc) is 2.76. The second-order valence-corrected chi connectivity index (χ2v) is 3.94. The molecule has 1 heterocycles. The van der Waals surface area contributed by atoms with Crippen molar-refractivity contribution in [2.45, 2.75) is 6.43 Å². The Kier molecular flexibility index (Phi) is 5.78. The van der Waals surface area contributed by atoms with E-state index in [0.717, 1.165) is 11.3 Å². The molecule has 0 aliphatic heterocycles. The molecule has 0 amide bonds. The molecule has 96 valence electrons. The van der Waals surface area contributed by atoms with Crippen molar-refractivity contribution in [2.24, 2.45) is 0 Å². The average molecular weight is 266 g/mol. The van der Waals surface area contributed by atoms with Gasteiger partial charge in [-0.1, -0.05) is 11.3 Å². The molecule has 0 aliphatic rings. The first-order chi connectivity index (χ1) is 8.13. The van der Waals surface area contributed by atoms with Crippen molar-refractivity contribution in [3.05, 3.63) is 11.1 Å². The Bertz CT molecular complexity index is 360. The van der Waals surface area contributed by atoms with Crippen molar-refractivity contribution in [1.82, 2.24) is 4.98 Å². The molecule has 0 bridgehead atoms. The number of nitrogens with zero attached hydrogens (tertiary/aromatic N) is 1. The van der Waals surface area contributed by atoms with Gasteiger partial charge in [0.25, 0.3) is 6.43 Å². The number of aromatic nitrogens is 1. The van der Waals surface area contributed by atoms with Crippen LogP contribution in [0.3, 0.4) is 0 Å². The van der Waals surface area contributed by atoms with E-state index in [1.165, 1.54) is 13.3 Å². The highest BCUT2D eigenvalue weighted by Gasteiger charge is 2.09. The second kappa shape index (κ2) is 7.13. The van der Waals surface area contributed by atoms with Crippen LogP contribution < -0.4 is 5.32 Å². The number of thiazole rings is 1. The predicted molar refractivity (Wildman–Crippen MR) is 58.8 cm³/mol. The summed E-state index contributed by atoms with van der Waals surface area (Å²) in [6.07, 6.45) is -1.07. The summed E-state index contributed by atoms with van der Waals surface area (Å²) in [5.74, 6) is -0.454. The number of hydrogen-bond acceptors (Lipinski definition) is 6. The highest BCUT2D eigenvalue weighted by atomic mass is 32.1. The van der Waals surface area contributed by atoms with E-state index in [4.69, 9.17) is 0 Å². The maximum absolute atomic E-state index is 11.7. The maximum Gasteiger partial charge on any atom is 0.349 e. The Morgan fingerprint density at radius 2 is 2.41 bits per heavy atom. The quantitative estimate of drug-likeness (QED) is 0.600. The summed E-state index contributed by atoms with van der Waals surface area (Å²) in [7, 11) is 1.29. The van der Waals surface area contributed by atoms with Crippen LogP contribution in [0.25, 0.3) is 0 Å². The fourth-order valence-corrected chi connectivity index (χ4v) is 1.71. The Balaban J connectivity index is 2.23. The Hall–Kier alpha value is -1.28. The van der Waals surface area contributed by atoms with E-state index in [1.807, 2.05) is 0 Å². The van der Waals surface area contributed by atoms with Gasteiger partial charge in [-0.25, -0.2) is 18.6 Å². The first-order valence-electron chi connectivity index (χ1n) is 4.77. The molecule has 0 saturated carbocycles. The molecule has 0 aliphatic carbocycles. The molecule has 0 fully saturated rings. The van der Waals surface area contributed by atoms with Gasteiger partial charge in [0, 0.05) is 6.54 Å². The lowest BCUT2D eigenvalue weighted by Crippen LogP contribution is -2.12. The van der Waals surface area contributed by atoms with Crippen LogP contribution in [0.5, 0.6) is 0 Å². The predicted octanol–water partition coefficient (Wildman–Crippen LogP) is 1.62. The van der Waals surface area contributed by atoms with E-state index in [0.29, 0.717) is 16.6 Å². The number of halogens is 2. The van der Waals surface area contributed by atoms with Crippen molar-refractivity contribution in [1.29, 1.82) is 0 Å². The van der Waals surface area contributed by atoms with E-state index >= 15 is 0 Å². The van der Waals surface area contributed by atoms with Gasteiger partial charge in [0.1, 0.15) is 11.5 Å². The first-order valence-corrected chi connectivity index (χ1v) is 5.59. The Labute approximate surface area is 101 Å². The fraction of sp³-hybridized carbons (Fsp3) is 0.556. The van der Waals surface area contributed by atoms with Crippen LogP contribution in [-0.2, 0) is 9.47 Å². The van der Waals surface area contributed by atoms with Crippen LogP contribution in [0.2, 0.25) is 0 Å². The monoisotopic (exact) mass is 266 g/mol. The van der Waals surface area contributed by atoms with Crippen molar-refractivity contribution in [3.63, 3.8) is 0 Å². The van der Waals surface area contributed by atoms with Crippen molar-refractivity contribution >= 4 is 22.4 Å². The lowest BCUT2D eigenvalue weighted by atomic mass is 10.6. The van der Waals surface area contributed by atoms with Gasteiger partial charge in [-0.3, -0.25) is 0 Å². The standard InChI is InChI=1S/C9H12F2N2O3S/c1-15-8(14)6-4-13-9(17-6)12-2-3-16-5-7(10)11/h4,7H,2-3,5H2,1H3,(H,12,13). The molecule has 1 rings (SSSR count). The lowest BCUT2D eigenvalue weighted by Gasteiger charge is -2.03. The van der Waals surface area contributed by atoms with Crippen LogP contribution >= 0.6 is 11.3 Å². The molecule has 0 radical (unpaired) electrons. The number of nitrogens with one attached hydrogen (secondary N) is 1. The molecule has 1 aromatic heterocycles. The van der Waals surface area contributed by atoms with Crippen molar-refractivity contribution < 1.29 is 23.0 Å². The van der Waals surface area contributed by atoms with E-state index in [2.05, 4.69) is 19.8 Å². The minimum absolute atomic E-state index is 0.150. The summed E-state index contributed by atoms with van der Waals surface area (Å²) >= 11 is 1.13. The highest BCUT2D eigenvalue weighted by molar-refractivity contribution is 7.17. The smallest absolute Gasteiger partial charge is 0.349 e. The normalized spacial score (nSPS) is 10.6. The molecule has 0 unspecified atom stereocenters. The third-order valence-corrected chi connectivity index (χ3v) is 2.59. The van der Waals surface area contributed by atoms with Crippen LogP contribution in [0.4, 0.5) is 13.9 Å². The molecule has 1 aromatic rings. The number of hydrogen-bond donors (Lipinski definition) is 1. The molecule has 0 saturated heterocycles. The summed E-state index contributed by atoms with van der Waals surface area (Å²) < 4.78 is 32.6. The molecule has 8 heteroatoms. The second-order valence-electron chi connectivity index (χ2n) is 2.91. The van der Waals surface area contributed by atoms with E-state index in [-0.39, 0.29) is 6.61 Å². The molecule has 0 spiro atoms. The summed E-state index contributed by atoms with van der Waals surface area (Å²) in [5.41, 5.74) is 0. The fourth-order valence-electron chi connectivity index (χ4n) is 0.953. The van der Waals surface area contributed by atoms with Crippen molar-refractivity contribution in [3.8, 4) is 0 Å². The van der Waals surface area contributed by atoms with Crippen molar-refractivity contribution in [2.75, 3.05) is 32.2 Å². The van der Waals surface area contributed by atoms with Crippen LogP contribution in [0.1, 0.15) is 9.67 Å². The molecular weight excluding hydrogens is 254 g/mol. The summed E-state index contributed by atoms with van der Waals surface area (Å²) in [6.45, 7) is -0.0781. The Morgan fingerprint density at radius 3 is 3.06 bits per heavy atom. The molecule has 0 atom stereocenters. The third-order valence-electron chi connectivity index (χ3n) is 1.66. The van der Waals surface area contributed by atoms with Gasteiger partial charge < -0.3 is 14.8 Å². The number of alkyl halides is 2. The number of methoxy groups -OCH3 is 1.